The molecule has 6 nitrogen and oxygen atoms in total. The standard InChI is InChI=1S/C18H31N3O3S/c1-19-16(23)11-5-3-2-4-8-13(22)9-6-7-10-15-17-14(12-25-15)20-18(24)21-17/h14-15,17H,2-12H2,1H3,(H,19,23)(H2,20,21,24)/t14-,15+,17-/m1/s1. The molecule has 2 heterocycles. The molecule has 3 amide bonds. The third kappa shape index (κ3) is 6.88. The zero-order chi connectivity index (χ0) is 18.1. The van der Waals surface area contributed by atoms with Crippen LogP contribution in [0.1, 0.15) is 64.2 Å². The SMILES string of the molecule is CNC(=O)CCCCCCC(=O)CCCC[C@@H]1SC[C@H]2NC(=O)N[C@@H]12. The average Bonchev–Trinajstić information content (AvgIpc) is 3.14. The van der Waals surface area contributed by atoms with E-state index in [1.165, 1.54) is 0 Å². The first-order valence-electron chi connectivity index (χ1n) is 9.51. The van der Waals surface area contributed by atoms with Gasteiger partial charge in [0.1, 0.15) is 5.78 Å². The maximum Gasteiger partial charge on any atom is 0.315 e. The fourth-order valence-corrected chi connectivity index (χ4v) is 5.07. The molecule has 0 bridgehead atoms. The molecule has 25 heavy (non-hydrogen) atoms. The fourth-order valence-electron chi connectivity index (χ4n) is 3.52. The molecule has 3 N–H and O–H groups in total. The highest BCUT2D eigenvalue weighted by Gasteiger charge is 2.42. The summed E-state index contributed by atoms with van der Waals surface area (Å²) in [6, 6.07) is 0.515. The number of fused-ring (bicyclic) bond motifs is 1. The van der Waals surface area contributed by atoms with E-state index in [1.54, 1.807) is 7.05 Å². The molecular weight excluding hydrogens is 338 g/mol. The molecule has 0 aliphatic carbocycles. The van der Waals surface area contributed by atoms with Gasteiger partial charge in [-0.05, 0) is 25.7 Å². The van der Waals surface area contributed by atoms with Gasteiger partial charge in [0.25, 0.3) is 0 Å². The van der Waals surface area contributed by atoms with Crippen LogP contribution in [0.3, 0.4) is 0 Å². The second-order valence-electron chi connectivity index (χ2n) is 6.99. The van der Waals surface area contributed by atoms with E-state index >= 15 is 0 Å². The Balaban J connectivity index is 1.44. The Bertz CT molecular complexity index is 472. The van der Waals surface area contributed by atoms with E-state index in [2.05, 4.69) is 16.0 Å². The number of hydrogen-bond acceptors (Lipinski definition) is 4. The number of amides is 3. The van der Waals surface area contributed by atoms with Crippen LogP contribution in [0, 0.1) is 0 Å². The van der Waals surface area contributed by atoms with Crippen LogP contribution in [0.4, 0.5) is 4.79 Å². The zero-order valence-corrected chi connectivity index (χ0v) is 16.0. The molecule has 2 aliphatic heterocycles. The summed E-state index contributed by atoms with van der Waals surface area (Å²) in [4.78, 5) is 34.3. The van der Waals surface area contributed by atoms with E-state index in [4.69, 9.17) is 0 Å². The first kappa shape index (κ1) is 20.1. The van der Waals surface area contributed by atoms with Crippen LogP contribution in [0.25, 0.3) is 0 Å². The number of nitrogens with one attached hydrogen (secondary N) is 3. The van der Waals surface area contributed by atoms with Crippen molar-refractivity contribution >= 4 is 29.5 Å². The summed E-state index contributed by atoms with van der Waals surface area (Å²) in [6.45, 7) is 0. The van der Waals surface area contributed by atoms with Gasteiger partial charge in [-0.1, -0.05) is 19.3 Å². The van der Waals surface area contributed by atoms with E-state index < -0.39 is 0 Å². The molecule has 142 valence electrons. The average molecular weight is 370 g/mol. The lowest BCUT2D eigenvalue weighted by molar-refractivity contribution is -0.121. The van der Waals surface area contributed by atoms with E-state index in [9.17, 15) is 14.4 Å². The number of hydrogen-bond donors (Lipinski definition) is 3. The lowest BCUT2D eigenvalue weighted by atomic mass is 10.0. The Morgan fingerprint density at radius 3 is 2.44 bits per heavy atom. The minimum absolute atomic E-state index is 0.0363. The van der Waals surface area contributed by atoms with Gasteiger partial charge in [-0.2, -0.15) is 11.8 Å². The van der Waals surface area contributed by atoms with Gasteiger partial charge >= 0.3 is 6.03 Å². The Morgan fingerprint density at radius 2 is 1.72 bits per heavy atom. The van der Waals surface area contributed by atoms with Gasteiger partial charge in [0.15, 0.2) is 0 Å². The second-order valence-corrected chi connectivity index (χ2v) is 8.27. The van der Waals surface area contributed by atoms with Crippen molar-refractivity contribution < 1.29 is 14.4 Å². The molecule has 0 aromatic carbocycles. The Morgan fingerprint density at radius 1 is 1.04 bits per heavy atom. The molecule has 0 aromatic heterocycles. The van der Waals surface area contributed by atoms with Gasteiger partial charge in [0.2, 0.25) is 5.91 Å². The highest BCUT2D eigenvalue weighted by molar-refractivity contribution is 8.00. The quantitative estimate of drug-likeness (QED) is 0.364. The number of unbranched alkanes of at least 4 members (excludes halogenated alkanes) is 4. The molecule has 2 saturated heterocycles. The molecule has 0 radical (unpaired) electrons. The monoisotopic (exact) mass is 369 g/mol. The fraction of sp³-hybridized carbons (Fsp3) is 0.833. The Labute approximate surface area is 154 Å². The number of carbonyl (C=O) groups excluding carboxylic acids is 3. The maximum absolute atomic E-state index is 11.9. The highest BCUT2D eigenvalue weighted by atomic mass is 32.2. The van der Waals surface area contributed by atoms with Crippen molar-refractivity contribution in [2.45, 2.75) is 81.5 Å². The van der Waals surface area contributed by atoms with Crippen LogP contribution in [0.2, 0.25) is 0 Å². The van der Waals surface area contributed by atoms with Crippen LogP contribution >= 0.6 is 11.8 Å². The number of ketones is 1. The Hall–Kier alpha value is -1.24. The maximum atomic E-state index is 11.9. The lowest BCUT2D eigenvalue weighted by Crippen LogP contribution is -2.36. The Kier molecular flexibility index (Phi) is 8.58. The summed E-state index contributed by atoms with van der Waals surface area (Å²) in [5, 5.41) is 9.07. The van der Waals surface area contributed by atoms with Crippen molar-refractivity contribution in [1.29, 1.82) is 0 Å². The minimum Gasteiger partial charge on any atom is -0.359 e. The van der Waals surface area contributed by atoms with Gasteiger partial charge in [0, 0.05) is 37.3 Å². The van der Waals surface area contributed by atoms with Gasteiger partial charge in [-0.25, -0.2) is 4.79 Å². The normalized spacial score (nSPS) is 24.5. The number of rotatable bonds is 12. The van der Waals surface area contributed by atoms with E-state index in [0.717, 1.165) is 50.7 Å². The van der Waals surface area contributed by atoms with Crippen LogP contribution in [0.15, 0.2) is 0 Å². The van der Waals surface area contributed by atoms with Crippen molar-refractivity contribution in [3.8, 4) is 0 Å². The first-order valence-corrected chi connectivity index (χ1v) is 10.6. The summed E-state index contributed by atoms with van der Waals surface area (Å²) >= 11 is 1.93. The summed E-state index contributed by atoms with van der Waals surface area (Å²) in [5.41, 5.74) is 0. The number of carbonyl (C=O) groups is 3. The second kappa shape index (κ2) is 10.7. The van der Waals surface area contributed by atoms with E-state index in [1.807, 2.05) is 11.8 Å². The van der Waals surface area contributed by atoms with E-state index in [-0.39, 0.29) is 24.0 Å². The van der Waals surface area contributed by atoms with Crippen molar-refractivity contribution in [2.75, 3.05) is 12.8 Å². The van der Waals surface area contributed by atoms with Crippen LogP contribution in [0.5, 0.6) is 0 Å². The van der Waals surface area contributed by atoms with Gasteiger partial charge in [0.05, 0.1) is 12.1 Å². The van der Waals surface area contributed by atoms with Crippen LogP contribution < -0.4 is 16.0 Å². The molecule has 0 saturated carbocycles. The molecule has 2 aliphatic rings. The van der Waals surface area contributed by atoms with Gasteiger partial charge in [-0.15, -0.1) is 0 Å². The predicted molar refractivity (Wildman–Crippen MR) is 101 cm³/mol. The van der Waals surface area contributed by atoms with Crippen molar-refractivity contribution in [3.05, 3.63) is 0 Å². The third-order valence-corrected chi connectivity index (χ3v) is 6.53. The predicted octanol–water partition coefficient (Wildman–Crippen LogP) is 2.37. The highest BCUT2D eigenvalue weighted by Crippen LogP contribution is 2.33. The molecule has 2 fully saturated rings. The molecule has 7 heteroatoms. The smallest absolute Gasteiger partial charge is 0.315 e. The van der Waals surface area contributed by atoms with Crippen molar-refractivity contribution in [2.24, 2.45) is 0 Å². The third-order valence-electron chi connectivity index (χ3n) is 5.02. The van der Waals surface area contributed by atoms with Crippen molar-refractivity contribution in [1.82, 2.24) is 16.0 Å². The number of thioether (sulfide) groups is 1. The molecular formula is C18H31N3O3S. The lowest BCUT2D eigenvalue weighted by Gasteiger charge is -2.16. The van der Waals surface area contributed by atoms with E-state index in [0.29, 0.717) is 30.3 Å². The van der Waals surface area contributed by atoms with Gasteiger partial charge in [-0.3, -0.25) is 9.59 Å². The molecule has 2 rings (SSSR count). The van der Waals surface area contributed by atoms with Gasteiger partial charge < -0.3 is 16.0 Å². The summed E-state index contributed by atoms with van der Waals surface area (Å²) < 4.78 is 0. The number of Topliss-reactive ketones (excluding diaryl/α,β-unsaturated/α-hetero) is 1. The van der Waals surface area contributed by atoms with Crippen LogP contribution in [-0.2, 0) is 9.59 Å². The largest absolute Gasteiger partial charge is 0.359 e. The zero-order valence-electron chi connectivity index (χ0n) is 15.1. The number of urea groups is 1. The summed E-state index contributed by atoms with van der Waals surface area (Å²) in [6.07, 6.45) is 8.88. The van der Waals surface area contributed by atoms with Crippen molar-refractivity contribution in [3.63, 3.8) is 0 Å². The molecule has 0 spiro atoms. The molecule has 3 atom stereocenters. The molecule has 0 aromatic rings. The summed E-state index contributed by atoms with van der Waals surface area (Å²) in [7, 11) is 1.66. The minimum atomic E-state index is -0.0363. The summed E-state index contributed by atoms with van der Waals surface area (Å²) in [5.74, 6) is 1.45. The van der Waals surface area contributed by atoms with Crippen LogP contribution in [-0.4, -0.2) is 47.9 Å². The molecule has 0 unspecified atom stereocenters. The topological polar surface area (TPSA) is 87.3 Å². The first-order chi connectivity index (χ1) is 12.1.